The predicted molar refractivity (Wildman–Crippen MR) is 121 cm³/mol. The van der Waals surface area contributed by atoms with Crippen LogP contribution in [0.3, 0.4) is 0 Å². The third-order valence-electron chi connectivity index (χ3n) is 5.73. The summed E-state index contributed by atoms with van der Waals surface area (Å²) in [4.78, 5) is 28.5. The van der Waals surface area contributed by atoms with Crippen LogP contribution < -0.4 is 15.0 Å². The van der Waals surface area contributed by atoms with E-state index in [0.29, 0.717) is 17.9 Å². The van der Waals surface area contributed by atoms with E-state index in [4.69, 9.17) is 4.74 Å². The summed E-state index contributed by atoms with van der Waals surface area (Å²) in [6.45, 7) is 6.31. The van der Waals surface area contributed by atoms with E-state index in [2.05, 4.69) is 5.32 Å². The number of nitrogens with zero attached hydrogens (tertiary/aromatic N) is 1. The molecule has 1 aliphatic heterocycles. The molecule has 0 saturated heterocycles. The van der Waals surface area contributed by atoms with Gasteiger partial charge in [-0.05, 0) is 49.6 Å². The fourth-order valence-electron chi connectivity index (χ4n) is 4.49. The predicted octanol–water partition coefficient (Wildman–Crippen LogP) is 4.64. The number of amides is 2. The second kappa shape index (κ2) is 8.26. The van der Waals surface area contributed by atoms with Crippen molar-refractivity contribution < 1.29 is 14.3 Å². The van der Waals surface area contributed by atoms with Crippen LogP contribution in [0.25, 0.3) is 0 Å². The minimum Gasteiger partial charge on any atom is -0.496 e. The number of nitrogens with one attached hydrogen (secondary N) is 1. The zero-order valence-corrected chi connectivity index (χ0v) is 18.2. The summed E-state index contributed by atoms with van der Waals surface area (Å²) in [6, 6.07) is 18.3. The van der Waals surface area contributed by atoms with E-state index < -0.39 is 6.04 Å². The molecule has 5 heteroatoms. The number of carbonyl (C=O) groups excluding carboxylic acids is 2. The smallest absolute Gasteiger partial charge is 0.259 e. The molecule has 0 fully saturated rings. The van der Waals surface area contributed by atoms with Gasteiger partial charge in [0, 0.05) is 17.7 Å². The number of para-hydroxylation sites is 1. The largest absolute Gasteiger partial charge is 0.496 e. The van der Waals surface area contributed by atoms with Crippen molar-refractivity contribution in [3.05, 3.63) is 94.0 Å². The summed E-state index contributed by atoms with van der Waals surface area (Å²) in [5.41, 5.74) is 6.04. The molecule has 0 aromatic heterocycles. The average Bonchev–Trinajstić information content (AvgIpc) is 3.04. The topological polar surface area (TPSA) is 58.6 Å². The van der Waals surface area contributed by atoms with Gasteiger partial charge in [-0.1, -0.05) is 54.1 Å². The normalized spacial score (nSPS) is 15.0. The van der Waals surface area contributed by atoms with E-state index in [1.54, 1.807) is 18.1 Å². The molecule has 0 saturated carbocycles. The van der Waals surface area contributed by atoms with Gasteiger partial charge in [-0.2, -0.15) is 0 Å². The lowest BCUT2D eigenvalue weighted by molar-refractivity contribution is -0.122. The second-order valence-electron chi connectivity index (χ2n) is 7.94. The maximum atomic E-state index is 13.5. The third-order valence-corrected chi connectivity index (χ3v) is 5.73. The molecule has 0 bridgehead atoms. The van der Waals surface area contributed by atoms with E-state index in [1.165, 1.54) is 0 Å². The van der Waals surface area contributed by atoms with Crippen LogP contribution in [-0.2, 0) is 11.3 Å². The Kier molecular flexibility index (Phi) is 5.51. The number of anilines is 1. The second-order valence-corrected chi connectivity index (χ2v) is 7.94. The number of ether oxygens (including phenoxy) is 1. The molecule has 0 radical (unpaired) electrons. The van der Waals surface area contributed by atoms with Gasteiger partial charge in [0.2, 0.25) is 5.91 Å². The average molecular weight is 415 g/mol. The minimum absolute atomic E-state index is 0.150. The number of carbonyl (C=O) groups is 2. The molecule has 3 aromatic rings. The van der Waals surface area contributed by atoms with Gasteiger partial charge < -0.3 is 10.1 Å². The Bertz CT molecular complexity index is 1150. The molecule has 1 N–H and O–H groups in total. The highest BCUT2D eigenvalue weighted by molar-refractivity contribution is 6.16. The van der Waals surface area contributed by atoms with Crippen LogP contribution in [0, 0.1) is 20.8 Å². The number of fused-ring (bicyclic) bond motifs is 1. The van der Waals surface area contributed by atoms with E-state index in [-0.39, 0.29) is 11.8 Å². The summed E-state index contributed by atoms with van der Waals surface area (Å²) < 4.78 is 5.39. The van der Waals surface area contributed by atoms with Crippen LogP contribution in [-0.4, -0.2) is 18.9 Å². The molecule has 4 rings (SSSR count). The molecule has 0 aliphatic carbocycles. The summed E-state index contributed by atoms with van der Waals surface area (Å²) >= 11 is 0. The monoisotopic (exact) mass is 414 g/mol. The van der Waals surface area contributed by atoms with Gasteiger partial charge in [0.25, 0.3) is 5.91 Å². The van der Waals surface area contributed by atoms with Crippen LogP contribution >= 0.6 is 0 Å². The van der Waals surface area contributed by atoms with Gasteiger partial charge in [0.1, 0.15) is 11.8 Å². The van der Waals surface area contributed by atoms with Crippen molar-refractivity contribution in [2.24, 2.45) is 0 Å². The Hall–Kier alpha value is -3.60. The van der Waals surface area contributed by atoms with Crippen molar-refractivity contribution in [3.8, 4) is 5.75 Å². The maximum Gasteiger partial charge on any atom is 0.259 e. The van der Waals surface area contributed by atoms with Crippen LogP contribution in [0.5, 0.6) is 5.75 Å². The van der Waals surface area contributed by atoms with Crippen molar-refractivity contribution in [1.29, 1.82) is 0 Å². The Balaban J connectivity index is 1.72. The van der Waals surface area contributed by atoms with Crippen molar-refractivity contribution in [2.45, 2.75) is 33.4 Å². The fraction of sp³-hybridized carbons (Fsp3) is 0.231. The number of aryl methyl sites for hydroxylation is 3. The Morgan fingerprint density at radius 3 is 2.35 bits per heavy atom. The zero-order valence-electron chi connectivity index (χ0n) is 18.2. The standard InChI is InChI=1S/C26H26N2O3/c1-16-13-17(2)23(18(3)14-16)28-24(20-10-6-7-11-21(20)26(28)30)25(29)27-15-19-9-5-8-12-22(19)31-4/h5-14,24H,15H2,1-4H3,(H,27,29). The molecule has 1 heterocycles. The molecule has 1 unspecified atom stereocenters. The summed E-state index contributed by atoms with van der Waals surface area (Å²) in [5, 5.41) is 3.01. The molecule has 2 amide bonds. The molecule has 0 spiro atoms. The molecule has 5 nitrogen and oxygen atoms in total. The third kappa shape index (κ3) is 3.67. The van der Waals surface area contributed by atoms with Crippen LogP contribution in [0.1, 0.15) is 44.2 Å². The number of methoxy groups -OCH3 is 1. The van der Waals surface area contributed by atoms with Crippen LogP contribution in [0.15, 0.2) is 60.7 Å². The number of benzene rings is 3. The SMILES string of the molecule is COc1ccccc1CNC(=O)C1c2ccccc2C(=O)N1c1c(C)cc(C)cc1C. The molecular formula is C26H26N2O3. The highest BCUT2D eigenvalue weighted by Crippen LogP contribution is 2.41. The van der Waals surface area contributed by atoms with E-state index in [9.17, 15) is 9.59 Å². The van der Waals surface area contributed by atoms with Crippen molar-refractivity contribution in [1.82, 2.24) is 5.32 Å². The number of hydrogen-bond donors (Lipinski definition) is 1. The van der Waals surface area contributed by atoms with E-state index in [1.807, 2.05) is 75.4 Å². The highest BCUT2D eigenvalue weighted by Gasteiger charge is 2.42. The maximum absolute atomic E-state index is 13.5. The first-order valence-corrected chi connectivity index (χ1v) is 10.3. The Morgan fingerprint density at radius 2 is 1.65 bits per heavy atom. The quantitative estimate of drug-likeness (QED) is 0.662. The van der Waals surface area contributed by atoms with Crippen molar-refractivity contribution in [2.75, 3.05) is 12.0 Å². The summed E-state index contributed by atoms with van der Waals surface area (Å²) in [7, 11) is 1.61. The summed E-state index contributed by atoms with van der Waals surface area (Å²) in [6.07, 6.45) is 0. The molecule has 1 aliphatic rings. The Morgan fingerprint density at radius 1 is 1.00 bits per heavy atom. The van der Waals surface area contributed by atoms with Crippen LogP contribution in [0.4, 0.5) is 5.69 Å². The van der Waals surface area contributed by atoms with Gasteiger partial charge in [0.15, 0.2) is 0 Å². The first-order chi connectivity index (χ1) is 14.9. The van der Waals surface area contributed by atoms with Gasteiger partial charge in [0.05, 0.1) is 12.8 Å². The molecule has 3 aromatic carbocycles. The lowest BCUT2D eigenvalue weighted by atomic mass is 10.0. The van der Waals surface area contributed by atoms with Crippen molar-refractivity contribution >= 4 is 17.5 Å². The van der Waals surface area contributed by atoms with E-state index >= 15 is 0 Å². The lowest BCUT2D eigenvalue weighted by Crippen LogP contribution is -2.39. The fourth-order valence-corrected chi connectivity index (χ4v) is 4.49. The molecule has 158 valence electrons. The number of hydrogen-bond acceptors (Lipinski definition) is 3. The molecular weight excluding hydrogens is 388 g/mol. The first-order valence-electron chi connectivity index (χ1n) is 10.3. The Labute approximate surface area is 182 Å². The van der Waals surface area contributed by atoms with Gasteiger partial charge in [-0.15, -0.1) is 0 Å². The van der Waals surface area contributed by atoms with E-state index in [0.717, 1.165) is 33.5 Å². The highest BCUT2D eigenvalue weighted by atomic mass is 16.5. The number of rotatable bonds is 5. The molecule has 1 atom stereocenters. The summed E-state index contributed by atoms with van der Waals surface area (Å²) in [5.74, 6) is 0.347. The first kappa shape index (κ1) is 20.7. The van der Waals surface area contributed by atoms with Crippen molar-refractivity contribution in [3.63, 3.8) is 0 Å². The van der Waals surface area contributed by atoms with Gasteiger partial charge >= 0.3 is 0 Å². The molecule has 31 heavy (non-hydrogen) atoms. The van der Waals surface area contributed by atoms with Crippen LogP contribution in [0.2, 0.25) is 0 Å². The van der Waals surface area contributed by atoms with Gasteiger partial charge in [-0.25, -0.2) is 0 Å². The minimum atomic E-state index is -0.724. The lowest BCUT2D eigenvalue weighted by Gasteiger charge is -2.28. The van der Waals surface area contributed by atoms with Gasteiger partial charge in [-0.3, -0.25) is 14.5 Å². The zero-order chi connectivity index (χ0) is 22.1.